The molecule has 14 heavy (non-hydrogen) atoms. The van der Waals surface area contributed by atoms with Crippen molar-refractivity contribution in [3.05, 3.63) is 29.8 Å². The number of ether oxygens (including phenoxy) is 1. The van der Waals surface area contributed by atoms with Crippen LogP contribution in [0, 0.1) is 0 Å². The number of rotatable bonds is 5. The summed E-state index contributed by atoms with van der Waals surface area (Å²) in [6.45, 7) is 4.71. The smallest absolute Gasteiger partial charge is 0.120 e. The minimum absolute atomic E-state index is 0.0897. The summed E-state index contributed by atoms with van der Waals surface area (Å²) in [6, 6.07) is 8.23. The van der Waals surface area contributed by atoms with Gasteiger partial charge in [0.25, 0.3) is 0 Å². The second-order valence-electron chi connectivity index (χ2n) is 3.56. The van der Waals surface area contributed by atoms with Gasteiger partial charge in [0.1, 0.15) is 11.9 Å². The molecule has 0 saturated heterocycles. The molecule has 2 N–H and O–H groups in total. The van der Waals surface area contributed by atoms with Crippen LogP contribution < -0.4 is 10.5 Å². The number of benzene rings is 1. The third-order valence-corrected chi connectivity index (χ3v) is 2.11. The lowest BCUT2D eigenvalue weighted by molar-refractivity contribution is 0.229. The van der Waals surface area contributed by atoms with Crippen molar-refractivity contribution in [1.29, 1.82) is 0 Å². The summed E-state index contributed by atoms with van der Waals surface area (Å²) >= 11 is 0. The summed E-state index contributed by atoms with van der Waals surface area (Å²) in [5.74, 6) is 0.925. The molecule has 1 unspecified atom stereocenters. The van der Waals surface area contributed by atoms with E-state index < -0.39 is 0 Å². The van der Waals surface area contributed by atoms with Crippen LogP contribution >= 0.6 is 0 Å². The van der Waals surface area contributed by atoms with Gasteiger partial charge in [0.05, 0.1) is 0 Å². The van der Waals surface area contributed by atoms with E-state index in [-0.39, 0.29) is 6.10 Å². The summed E-state index contributed by atoms with van der Waals surface area (Å²) in [6.07, 6.45) is 2.36. The van der Waals surface area contributed by atoms with E-state index in [9.17, 15) is 0 Å². The fourth-order valence-corrected chi connectivity index (χ4v) is 1.34. The van der Waals surface area contributed by atoms with Crippen molar-refractivity contribution in [2.75, 3.05) is 6.54 Å². The fraction of sp³-hybridized carbons (Fsp3) is 0.500. The molecule has 1 rings (SSSR count). The molecular formula is C12H19NO. The van der Waals surface area contributed by atoms with Crippen molar-refractivity contribution in [2.24, 2.45) is 5.73 Å². The van der Waals surface area contributed by atoms with Crippen molar-refractivity contribution in [2.45, 2.75) is 32.8 Å². The third kappa shape index (κ3) is 3.38. The Balaban J connectivity index is 2.63. The van der Waals surface area contributed by atoms with E-state index in [0.29, 0.717) is 6.54 Å². The maximum atomic E-state index is 5.63. The highest BCUT2D eigenvalue weighted by Gasteiger charge is 2.01. The molecule has 0 bridgehead atoms. The van der Waals surface area contributed by atoms with Crippen molar-refractivity contribution in [3.63, 3.8) is 0 Å². The first-order valence-electron chi connectivity index (χ1n) is 5.22. The number of hydrogen-bond acceptors (Lipinski definition) is 2. The summed E-state index contributed by atoms with van der Waals surface area (Å²) in [5.41, 5.74) is 6.82. The van der Waals surface area contributed by atoms with Gasteiger partial charge in [-0.25, -0.2) is 0 Å². The average molecular weight is 193 g/mol. The Bertz CT molecular complexity index is 273. The van der Waals surface area contributed by atoms with Gasteiger partial charge in [-0.15, -0.1) is 0 Å². The van der Waals surface area contributed by atoms with E-state index >= 15 is 0 Å². The monoisotopic (exact) mass is 193 g/mol. The van der Waals surface area contributed by atoms with Crippen LogP contribution in [0.2, 0.25) is 0 Å². The van der Waals surface area contributed by atoms with Crippen LogP contribution in [0.3, 0.4) is 0 Å². The van der Waals surface area contributed by atoms with Crippen LogP contribution in [0.4, 0.5) is 0 Å². The molecule has 0 aromatic heterocycles. The molecule has 2 nitrogen and oxygen atoms in total. The largest absolute Gasteiger partial charge is 0.489 e. The lowest BCUT2D eigenvalue weighted by Crippen LogP contribution is -2.22. The van der Waals surface area contributed by atoms with Gasteiger partial charge in [-0.1, -0.05) is 25.5 Å². The van der Waals surface area contributed by atoms with Crippen LogP contribution in [0.15, 0.2) is 24.3 Å². The van der Waals surface area contributed by atoms with Crippen molar-refractivity contribution < 1.29 is 4.74 Å². The lowest BCUT2D eigenvalue weighted by atomic mass is 10.1. The highest BCUT2D eigenvalue weighted by Crippen LogP contribution is 2.15. The van der Waals surface area contributed by atoms with Crippen molar-refractivity contribution in [1.82, 2.24) is 0 Å². The number of aryl methyl sites for hydroxylation is 1. The van der Waals surface area contributed by atoms with Gasteiger partial charge in [-0.05, 0) is 31.0 Å². The molecule has 0 aliphatic rings. The Morgan fingerprint density at radius 2 is 2.21 bits per heavy atom. The third-order valence-electron chi connectivity index (χ3n) is 2.11. The summed E-state index contributed by atoms with van der Waals surface area (Å²) < 4.78 is 5.63. The summed E-state index contributed by atoms with van der Waals surface area (Å²) in [4.78, 5) is 0. The highest BCUT2D eigenvalue weighted by atomic mass is 16.5. The van der Waals surface area contributed by atoms with Crippen molar-refractivity contribution in [3.8, 4) is 5.75 Å². The Morgan fingerprint density at radius 3 is 2.86 bits per heavy atom. The van der Waals surface area contributed by atoms with Crippen LogP contribution in [-0.2, 0) is 6.42 Å². The topological polar surface area (TPSA) is 35.2 Å². The minimum Gasteiger partial charge on any atom is -0.489 e. The molecule has 0 aliphatic heterocycles. The second kappa shape index (κ2) is 5.66. The molecule has 0 heterocycles. The predicted molar refractivity (Wildman–Crippen MR) is 59.6 cm³/mol. The molecule has 0 fully saturated rings. The van der Waals surface area contributed by atoms with Gasteiger partial charge in [-0.3, -0.25) is 0 Å². The Labute approximate surface area is 86.1 Å². The minimum atomic E-state index is 0.0897. The maximum absolute atomic E-state index is 5.63. The molecule has 78 valence electrons. The van der Waals surface area contributed by atoms with E-state index in [0.717, 1.165) is 18.6 Å². The van der Waals surface area contributed by atoms with Gasteiger partial charge in [0.2, 0.25) is 0 Å². The molecule has 1 aromatic carbocycles. The molecule has 0 aliphatic carbocycles. The van der Waals surface area contributed by atoms with E-state index in [1.807, 2.05) is 19.1 Å². The molecule has 2 heteroatoms. The van der Waals surface area contributed by atoms with E-state index in [2.05, 4.69) is 19.1 Å². The predicted octanol–water partition coefficient (Wildman–Crippen LogP) is 2.37. The second-order valence-corrected chi connectivity index (χ2v) is 3.56. The zero-order chi connectivity index (χ0) is 10.4. The maximum Gasteiger partial charge on any atom is 0.120 e. The Morgan fingerprint density at radius 1 is 1.43 bits per heavy atom. The molecule has 0 saturated carbocycles. The fourth-order valence-electron chi connectivity index (χ4n) is 1.34. The van der Waals surface area contributed by atoms with Gasteiger partial charge >= 0.3 is 0 Å². The van der Waals surface area contributed by atoms with Gasteiger partial charge in [0.15, 0.2) is 0 Å². The van der Waals surface area contributed by atoms with E-state index in [4.69, 9.17) is 10.5 Å². The average Bonchev–Trinajstić information content (AvgIpc) is 2.19. The Hall–Kier alpha value is -1.02. The van der Waals surface area contributed by atoms with Crippen LogP contribution in [0.25, 0.3) is 0 Å². The normalized spacial score (nSPS) is 12.5. The molecule has 0 spiro atoms. The zero-order valence-electron chi connectivity index (χ0n) is 8.99. The molecular weight excluding hydrogens is 174 g/mol. The standard InChI is InChI=1S/C12H19NO/c1-3-5-11-6-4-7-12(8-11)14-10(2)9-13/h4,6-8,10H,3,5,9,13H2,1-2H3. The van der Waals surface area contributed by atoms with Crippen LogP contribution in [0.1, 0.15) is 25.8 Å². The molecule has 0 radical (unpaired) electrons. The summed E-state index contributed by atoms with van der Waals surface area (Å²) in [5, 5.41) is 0. The van der Waals surface area contributed by atoms with Crippen LogP contribution in [-0.4, -0.2) is 12.6 Å². The van der Waals surface area contributed by atoms with Crippen molar-refractivity contribution >= 4 is 0 Å². The molecule has 1 aromatic rings. The summed E-state index contributed by atoms with van der Waals surface area (Å²) in [7, 11) is 0. The SMILES string of the molecule is CCCc1cccc(OC(C)CN)c1. The van der Waals surface area contributed by atoms with Crippen LogP contribution in [0.5, 0.6) is 5.75 Å². The lowest BCUT2D eigenvalue weighted by Gasteiger charge is -2.13. The Kier molecular flexibility index (Phi) is 4.47. The molecule has 1 atom stereocenters. The number of hydrogen-bond donors (Lipinski definition) is 1. The van der Waals surface area contributed by atoms with E-state index in [1.54, 1.807) is 0 Å². The molecule has 0 amide bonds. The van der Waals surface area contributed by atoms with Gasteiger partial charge < -0.3 is 10.5 Å². The van der Waals surface area contributed by atoms with E-state index in [1.165, 1.54) is 5.56 Å². The first-order chi connectivity index (χ1) is 6.76. The quantitative estimate of drug-likeness (QED) is 0.779. The van der Waals surface area contributed by atoms with Gasteiger partial charge in [-0.2, -0.15) is 0 Å². The highest BCUT2D eigenvalue weighted by molar-refractivity contribution is 5.28. The zero-order valence-corrected chi connectivity index (χ0v) is 8.99. The van der Waals surface area contributed by atoms with Gasteiger partial charge in [0, 0.05) is 6.54 Å². The number of nitrogens with two attached hydrogens (primary N) is 1. The first-order valence-corrected chi connectivity index (χ1v) is 5.22. The first kappa shape index (κ1) is 11.1.